The van der Waals surface area contributed by atoms with E-state index >= 15 is 0 Å². The van der Waals surface area contributed by atoms with Crippen LogP contribution in [-0.2, 0) is 17.8 Å². The molecule has 4 aromatic rings. The number of ether oxygens (including phenoxy) is 1. The van der Waals surface area contributed by atoms with Gasteiger partial charge in [0.15, 0.2) is 0 Å². The molecule has 0 fully saturated rings. The highest BCUT2D eigenvalue weighted by Gasteiger charge is 2.14. The lowest BCUT2D eigenvalue weighted by Crippen LogP contribution is -2.26. The molecule has 0 saturated heterocycles. The summed E-state index contributed by atoms with van der Waals surface area (Å²) in [7, 11) is 0. The number of carbonyl (C=O) groups is 1. The molecular weight excluding hydrogens is 440 g/mol. The SMILES string of the molecule is CC(C)c1ccc(-c2noc(CCC(=O)NC(C)c3ccc(OCc4cccnc4)cc3)n2)cc1. The van der Waals surface area contributed by atoms with E-state index in [2.05, 4.69) is 46.4 Å². The average molecular weight is 471 g/mol. The predicted molar refractivity (Wildman–Crippen MR) is 134 cm³/mol. The van der Waals surface area contributed by atoms with E-state index in [-0.39, 0.29) is 18.4 Å². The van der Waals surface area contributed by atoms with Gasteiger partial charge in [0.05, 0.1) is 6.04 Å². The number of nitrogens with one attached hydrogen (secondary N) is 1. The van der Waals surface area contributed by atoms with Crippen LogP contribution < -0.4 is 10.1 Å². The molecule has 0 spiro atoms. The Morgan fingerprint density at radius 2 is 1.74 bits per heavy atom. The second-order valence-electron chi connectivity index (χ2n) is 8.80. The molecule has 0 aliphatic heterocycles. The normalized spacial score (nSPS) is 11.9. The number of hydrogen-bond acceptors (Lipinski definition) is 6. The summed E-state index contributed by atoms with van der Waals surface area (Å²) < 4.78 is 11.1. The van der Waals surface area contributed by atoms with Crippen LogP contribution in [-0.4, -0.2) is 21.0 Å². The number of benzene rings is 2. The second-order valence-corrected chi connectivity index (χ2v) is 8.80. The highest BCUT2D eigenvalue weighted by atomic mass is 16.5. The number of aromatic nitrogens is 3. The van der Waals surface area contributed by atoms with Crippen LogP contribution in [0.5, 0.6) is 5.75 Å². The fourth-order valence-electron chi connectivity index (χ4n) is 3.61. The number of hydrogen-bond donors (Lipinski definition) is 1. The molecule has 35 heavy (non-hydrogen) atoms. The molecule has 7 nitrogen and oxygen atoms in total. The van der Waals surface area contributed by atoms with Crippen LogP contribution in [0.1, 0.15) is 61.7 Å². The molecule has 1 N–H and O–H groups in total. The number of nitrogens with zero attached hydrogens (tertiary/aromatic N) is 3. The van der Waals surface area contributed by atoms with Crippen molar-refractivity contribution in [3.63, 3.8) is 0 Å². The minimum atomic E-state index is -0.132. The van der Waals surface area contributed by atoms with Gasteiger partial charge in [0, 0.05) is 36.4 Å². The monoisotopic (exact) mass is 470 g/mol. The first-order chi connectivity index (χ1) is 17.0. The number of amides is 1. The Bertz CT molecular complexity index is 1220. The third-order valence-electron chi connectivity index (χ3n) is 5.76. The highest BCUT2D eigenvalue weighted by molar-refractivity contribution is 5.76. The Kier molecular flexibility index (Phi) is 7.88. The van der Waals surface area contributed by atoms with Crippen molar-refractivity contribution in [3.8, 4) is 17.1 Å². The van der Waals surface area contributed by atoms with Gasteiger partial charge in [-0.05, 0) is 42.2 Å². The maximum atomic E-state index is 12.5. The molecule has 0 saturated carbocycles. The van der Waals surface area contributed by atoms with Crippen molar-refractivity contribution >= 4 is 5.91 Å². The van der Waals surface area contributed by atoms with Gasteiger partial charge in [-0.15, -0.1) is 0 Å². The van der Waals surface area contributed by atoms with Gasteiger partial charge >= 0.3 is 0 Å². The molecule has 2 heterocycles. The topological polar surface area (TPSA) is 90.1 Å². The van der Waals surface area contributed by atoms with Crippen LogP contribution in [0, 0.1) is 0 Å². The second kappa shape index (κ2) is 11.4. The molecule has 1 atom stereocenters. The van der Waals surface area contributed by atoms with Crippen molar-refractivity contribution in [2.45, 2.75) is 52.2 Å². The van der Waals surface area contributed by atoms with E-state index in [1.807, 2.05) is 55.5 Å². The summed E-state index contributed by atoms with van der Waals surface area (Å²) in [5, 5.41) is 7.08. The Morgan fingerprint density at radius 3 is 2.43 bits per heavy atom. The van der Waals surface area contributed by atoms with E-state index in [0.29, 0.717) is 30.7 Å². The van der Waals surface area contributed by atoms with Gasteiger partial charge in [-0.1, -0.05) is 61.5 Å². The largest absolute Gasteiger partial charge is 0.489 e. The van der Waals surface area contributed by atoms with Crippen LogP contribution in [0.25, 0.3) is 11.4 Å². The summed E-state index contributed by atoms with van der Waals surface area (Å²) >= 11 is 0. The van der Waals surface area contributed by atoms with Crippen molar-refractivity contribution in [3.05, 3.63) is 95.6 Å². The first kappa shape index (κ1) is 24.1. The minimum Gasteiger partial charge on any atom is -0.489 e. The summed E-state index contributed by atoms with van der Waals surface area (Å²) in [6.45, 7) is 6.72. The standard InChI is InChI=1S/C28H30N4O3/c1-19(2)22-6-8-24(9-7-22)28-31-27(35-32-28)15-14-26(33)30-20(3)23-10-12-25(13-11-23)34-18-21-5-4-16-29-17-21/h4-13,16-17,19-20H,14-15,18H2,1-3H3,(H,30,33). The van der Waals surface area contributed by atoms with Gasteiger partial charge in [-0.2, -0.15) is 4.98 Å². The summed E-state index contributed by atoms with van der Waals surface area (Å²) in [4.78, 5) is 21.0. The Balaban J connectivity index is 1.24. The maximum Gasteiger partial charge on any atom is 0.227 e. The quantitative estimate of drug-likeness (QED) is 0.322. The van der Waals surface area contributed by atoms with Crippen molar-refractivity contribution in [2.75, 3.05) is 0 Å². The summed E-state index contributed by atoms with van der Waals surface area (Å²) in [6, 6.07) is 19.6. The molecule has 0 bridgehead atoms. The van der Waals surface area contributed by atoms with Gasteiger partial charge in [0.2, 0.25) is 17.6 Å². The van der Waals surface area contributed by atoms with E-state index < -0.39 is 0 Å². The number of aryl methyl sites for hydroxylation is 1. The van der Waals surface area contributed by atoms with Crippen molar-refractivity contribution in [1.82, 2.24) is 20.4 Å². The third-order valence-corrected chi connectivity index (χ3v) is 5.76. The molecule has 0 aliphatic rings. The van der Waals surface area contributed by atoms with Crippen LogP contribution in [0.4, 0.5) is 0 Å². The van der Waals surface area contributed by atoms with E-state index in [9.17, 15) is 4.79 Å². The molecule has 1 amide bonds. The molecule has 7 heteroatoms. The van der Waals surface area contributed by atoms with Gasteiger partial charge in [0.1, 0.15) is 12.4 Å². The van der Waals surface area contributed by atoms with Gasteiger partial charge in [-0.25, -0.2) is 0 Å². The van der Waals surface area contributed by atoms with Crippen molar-refractivity contribution in [2.24, 2.45) is 0 Å². The minimum absolute atomic E-state index is 0.0737. The summed E-state index contributed by atoms with van der Waals surface area (Å²) in [6.07, 6.45) is 4.17. The van der Waals surface area contributed by atoms with E-state index in [1.54, 1.807) is 12.4 Å². The van der Waals surface area contributed by atoms with Crippen LogP contribution >= 0.6 is 0 Å². The van der Waals surface area contributed by atoms with Crippen LogP contribution in [0.3, 0.4) is 0 Å². The zero-order chi connectivity index (χ0) is 24.6. The molecule has 1 unspecified atom stereocenters. The fourth-order valence-corrected chi connectivity index (χ4v) is 3.61. The molecule has 4 rings (SSSR count). The van der Waals surface area contributed by atoms with Gasteiger partial charge in [-0.3, -0.25) is 9.78 Å². The number of carbonyl (C=O) groups excluding carboxylic acids is 1. The third kappa shape index (κ3) is 6.76. The number of rotatable bonds is 10. The molecule has 0 aliphatic carbocycles. The first-order valence-electron chi connectivity index (χ1n) is 11.8. The van der Waals surface area contributed by atoms with E-state index in [0.717, 1.165) is 22.4 Å². The molecular formula is C28H30N4O3. The Morgan fingerprint density at radius 1 is 1.00 bits per heavy atom. The van der Waals surface area contributed by atoms with E-state index in [1.165, 1.54) is 5.56 Å². The molecule has 0 radical (unpaired) electrons. The van der Waals surface area contributed by atoms with Crippen LogP contribution in [0.2, 0.25) is 0 Å². The van der Waals surface area contributed by atoms with Gasteiger partial charge in [0.25, 0.3) is 0 Å². The van der Waals surface area contributed by atoms with Gasteiger partial charge < -0.3 is 14.6 Å². The molecule has 2 aromatic heterocycles. The van der Waals surface area contributed by atoms with E-state index in [4.69, 9.17) is 9.26 Å². The lowest BCUT2D eigenvalue weighted by molar-refractivity contribution is -0.121. The summed E-state index contributed by atoms with van der Waals surface area (Å²) in [5.41, 5.74) is 4.16. The lowest BCUT2D eigenvalue weighted by atomic mass is 10.0. The van der Waals surface area contributed by atoms with Crippen LogP contribution in [0.15, 0.2) is 77.6 Å². The van der Waals surface area contributed by atoms with Crippen molar-refractivity contribution < 1.29 is 14.1 Å². The first-order valence-corrected chi connectivity index (χ1v) is 11.8. The maximum absolute atomic E-state index is 12.5. The summed E-state index contributed by atoms with van der Waals surface area (Å²) in [5.74, 6) is 2.15. The smallest absolute Gasteiger partial charge is 0.227 e. The molecule has 180 valence electrons. The van der Waals surface area contributed by atoms with Crippen molar-refractivity contribution in [1.29, 1.82) is 0 Å². The highest BCUT2D eigenvalue weighted by Crippen LogP contribution is 2.21. The fraction of sp³-hybridized carbons (Fsp3) is 0.286. The molecule has 2 aromatic carbocycles. The average Bonchev–Trinajstić information content (AvgIpc) is 3.36. The Hall–Kier alpha value is -4.00. The lowest BCUT2D eigenvalue weighted by Gasteiger charge is -2.15. The zero-order valence-corrected chi connectivity index (χ0v) is 20.3. The predicted octanol–water partition coefficient (Wildman–Crippen LogP) is 5.64. The Labute approximate surface area is 205 Å². The zero-order valence-electron chi connectivity index (χ0n) is 20.3. The number of pyridine rings is 1.